The van der Waals surface area contributed by atoms with Crippen molar-refractivity contribution in [2.45, 2.75) is 282 Å². The van der Waals surface area contributed by atoms with Gasteiger partial charge in [-0.3, -0.25) is 0 Å². The number of anilines is 1. The quantitative estimate of drug-likeness (QED) is 0.0530. The van der Waals surface area contributed by atoms with Crippen molar-refractivity contribution >= 4 is 27.7 Å². The summed E-state index contributed by atoms with van der Waals surface area (Å²) in [6.07, 6.45) is 58.8. The first-order valence-electron chi connectivity index (χ1n) is 29.0. The lowest BCUT2D eigenvalue weighted by molar-refractivity contribution is 0.282. The number of rotatable bonds is 49. The van der Waals surface area contributed by atoms with Crippen molar-refractivity contribution in [1.29, 1.82) is 0 Å². The summed E-state index contributed by atoms with van der Waals surface area (Å²) in [7, 11) is -3.26. The normalized spacial score (nSPS) is 11.9. The second kappa shape index (κ2) is 44.1. The average molecular weight is 935 g/mol. The molecule has 0 aliphatic rings. The third-order valence-corrected chi connectivity index (χ3v) is 15.9. The topological polar surface area (TPSA) is 57.6 Å². The summed E-state index contributed by atoms with van der Waals surface area (Å²) in [6, 6.07) is 16.5. The Hall–Kier alpha value is -2.11. The van der Waals surface area contributed by atoms with E-state index in [2.05, 4.69) is 55.2 Å². The molecule has 0 radical (unpaired) electrons. The van der Waals surface area contributed by atoms with Gasteiger partial charge in [0.1, 0.15) is 0 Å². The highest BCUT2D eigenvalue weighted by atomic mass is 32.2. The summed E-state index contributed by atoms with van der Waals surface area (Å²) < 4.78 is 26.0. The molecule has 2 aromatic rings. The Morgan fingerprint density at radius 1 is 0.364 bits per heavy atom. The number of nitrogens with zero attached hydrogens (tertiary/aromatic N) is 1. The molecule has 66 heavy (non-hydrogen) atoms. The SMILES string of the molecule is CCCCCCCCCCCCCCCCCCN(CCCCCCCCCCCCCCCCCC)c1ccc(C=Cc2ccc(S(=O)(=O)CCCCCCCCCCCO)cc2)cc1. The van der Waals surface area contributed by atoms with Crippen LogP contribution in [0, 0.1) is 0 Å². The van der Waals surface area contributed by atoms with Crippen molar-refractivity contribution in [2.24, 2.45) is 0 Å². The molecule has 0 amide bonds. The van der Waals surface area contributed by atoms with Gasteiger partial charge in [0.15, 0.2) is 9.84 Å². The van der Waals surface area contributed by atoms with E-state index in [0.29, 0.717) is 11.5 Å². The molecular formula is C61H107NO3S. The van der Waals surface area contributed by atoms with Gasteiger partial charge in [-0.1, -0.05) is 288 Å². The molecule has 5 heteroatoms. The zero-order valence-electron chi connectivity index (χ0n) is 43.7. The van der Waals surface area contributed by atoms with Gasteiger partial charge in [0.25, 0.3) is 0 Å². The molecule has 2 aromatic carbocycles. The van der Waals surface area contributed by atoms with Crippen LogP contribution in [0.2, 0.25) is 0 Å². The Kier molecular flexibility index (Phi) is 40.1. The molecule has 4 nitrogen and oxygen atoms in total. The zero-order valence-corrected chi connectivity index (χ0v) is 44.5. The third-order valence-electron chi connectivity index (χ3n) is 14.1. The van der Waals surface area contributed by atoms with E-state index in [1.807, 2.05) is 12.1 Å². The van der Waals surface area contributed by atoms with Crippen molar-refractivity contribution in [3.05, 3.63) is 59.7 Å². The number of unbranched alkanes of at least 4 members (excludes halogenated alkanes) is 38. The highest BCUT2D eigenvalue weighted by Gasteiger charge is 2.14. The minimum absolute atomic E-state index is 0.223. The predicted octanol–water partition coefficient (Wildman–Crippen LogP) is 19.5. The first-order chi connectivity index (χ1) is 32.5. The third kappa shape index (κ3) is 34.2. The predicted molar refractivity (Wildman–Crippen MR) is 294 cm³/mol. The standard InChI is InChI=1S/C61H107NO3S/c1-3-5-7-9-11-13-15-17-19-21-23-25-28-32-36-40-54-62(55-41-37-33-29-26-24-22-20-18-16-14-12-10-8-6-4-2)60-50-46-58(47-51-60)44-45-59-48-52-61(53-49-59)66(64,65)57-43-39-35-31-27-30-34-38-42-56-63/h44-53,63H,3-43,54-57H2,1-2H3. The van der Waals surface area contributed by atoms with Crippen LogP contribution in [0.1, 0.15) is 288 Å². The molecule has 2 rings (SSSR count). The summed E-state index contributed by atoms with van der Waals surface area (Å²) in [5.74, 6) is 0.223. The molecule has 0 unspecified atom stereocenters. The Balaban J connectivity index is 1.75. The molecule has 0 saturated carbocycles. The van der Waals surface area contributed by atoms with E-state index >= 15 is 0 Å². The van der Waals surface area contributed by atoms with E-state index in [9.17, 15) is 8.42 Å². The van der Waals surface area contributed by atoms with E-state index in [0.717, 1.165) is 50.8 Å². The van der Waals surface area contributed by atoms with Crippen LogP contribution in [0.25, 0.3) is 12.2 Å². The maximum atomic E-state index is 13.0. The summed E-state index contributed by atoms with van der Waals surface area (Å²) in [5.41, 5.74) is 3.54. The van der Waals surface area contributed by atoms with Gasteiger partial charge in [0.2, 0.25) is 0 Å². The lowest BCUT2D eigenvalue weighted by Crippen LogP contribution is -2.25. The first kappa shape index (κ1) is 60.0. The van der Waals surface area contributed by atoms with Crippen LogP contribution in [-0.4, -0.2) is 39.0 Å². The molecule has 1 N–H and O–H groups in total. The molecule has 0 aliphatic heterocycles. The van der Waals surface area contributed by atoms with Gasteiger partial charge in [-0.2, -0.15) is 0 Å². The van der Waals surface area contributed by atoms with Crippen LogP contribution < -0.4 is 4.90 Å². The number of hydrogen-bond acceptors (Lipinski definition) is 4. The van der Waals surface area contributed by atoms with Gasteiger partial charge in [-0.25, -0.2) is 8.42 Å². The van der Waals surface area contributed by atoms with Gasteiger partial charge in [-0.05, 0) is 61.1 Å². The lowest BCUT2D eigenvalue weighted by atomic mass is 10.0. The molecule has 0 saturated heterocycles. The van der Waals surface area contributed by atoms with Crippen molar-refractivity contribution in [1.82, 2.24) is 0 Å². The van der Waals surface area contributed by atoms with Gasteiger partial charge in [0.05, 0.1) is 10.6 Å². The molecule has 0 aromatic heterocycles. The molecule has 0 spiro atoms. The Morgan fingerprint density at radius 2 is 0.636 bits per heavy atom. The number of hydrogen-bond donors (Lipinski definition) is 1. The lowest BCUT2D eigenvalue weighted by Gasteiger charge is -2.25. The Morgan fingerprint density at radius 3 is 0.955 bits per heavy atom. The van der Waals surface area contributed by atoms with Crippen molar-refractivity contribution in [3.63, 3.8) is 0 Å². The maximum absolute atomic E-state index is 13.0. The molecule has 0 heterocycles. The van der Waals surface area contributed by atoms with Crippen LogP contribution in [0.5, 0.6) is 0 Å². The smallest absolute Gasteiger partial charge is 0.178 e. The van der Waals surface area contributed by atoms with Crippen molar-refractivity contribution < 1.29 is 13.5 Å². The van der Waals surface area contributed by atoms with Gasteiger partial charge in [-0.15, -0.1) is 0 Å². The second-order valence-corrected chi connectivity index (χ2v) is 22.4. The van der Waals surface area contributed by atoms with Crippen LogP contribution in [0.3, 0.4) is 0 Å². The van der Waals surface area contributed by atoms with Gasteiger partial charge >= 0.3 is 0 Å². The average Bonchev–Trinajstić information content (AvgIpc) is 3.33. The minimum atomic E-state index is -3.26. The second-order valence-electron chi connectivity index (χ2n) is 20.3. The summed E-state index contributed by atoms with van der Waals surface area (Å²) in [5, 5.41) is 8.91. The van der Waals surface area contributed by atoms with E-state index in [1.54, 1.807) is 12.1 Å². The Bertz CT molecular complexity index is 1420. The fraction of sp³-hybridized carbons (Fsp3) is 0.770. The highest BCUT2D eigenvalue weighted by Crippen LogP contribution is 2.22. The van der Waals surface area contributed by atoms with Gasteiger partial charge < -0.3 is 10.0 Å². The van der Waals surface area contributed by atoms with Crippen LogP contribution in [0.15, 0.2) is 53.4 Å². The number of aliphatic hydroxyl groups is 1. The van der Waals surface area contributed by atoms with E-state index in [-0.39, 0.29) is 5.75 Å². The Labute approximate surface area is 411 Å². The molecule has 380 valence electrons. The van der Waals surface area contributed by atoms with E-state index in [1.165, 1.54) is 242 Å². The van der Waals surface area contributed by atoms with Crippen molar-refractivity contribution in [3.8, 4) is 0 Å². The van der Waals surface area contributed by atoms with Crippen molar-refractivity contribution in [2.75, 3.05) is 30.3 Å². The first-order valence-corrected chi connectivity index (χ1v) is 30.6. The summed E-state index contributed by atoms with van der Waals surface area (Å²) in [4.78, 5) is 3.09. The summed E-state index contributed by atoms with van der Waals surface area (Å²) >= 11 is 0. The molecule has 0 fully saturated rings. The number of sulfone groups is 1. The highest BCUT2D eigenvalue weighted by molar-refractivity contribution is 7.91. The zero-order chi connectivity index (χ0) is 47.3. The van der Waals surface area contributed by atoms with E-state index in [4.69, 9.17) is 5.11 Å². The molecule has 0 aliphatic carbocycles. The van der Waals surface area contributed by atoms with Gasteiger partial charge in [0, 0.05) is 25.4 Å². The van der Waals surface area contributed by atoms with E-state index < -0.39 is 9.84 Å². The number of benzene rings is 2. The molecule has 0 bridgehead atoms. The summed E-state index contributed by atoms with van der Waals surface area (Å²) in [6.45, 7) is 7.19. The molecular weight excluding hydrogens is 827 g/mol. The van der Waals surface area contributed by atoms with Crippen LogP contribution in [0.4, 0.5) is 5.69 Å². The largest absolute Gasteiger partial charge is 0.396 e. The van der Waals surface area contributed by atoms with Crippen LogP contribution in [-0.2, 0) is 9.84 Å². The maximum Gasteiger partial charge on any atom is 0.178 e. The minimum Gasteiger partial charge on any atom is -0.396 e. The molecule has 0 atom stereocenters. The van der Waals surface area contributed by atoms with Crippen LogP contribution >= 0.6 is 0 Å². The number of aliphatic hydroxyl groups excluding tert-OH is 1. The monoisotopic (exact) mass is 934 g/mol. The fourth-order valence-corrected chi connectivity index (χ4v) is 11.0. The fourth-order valence-electron chi connectivity index (χ4n) is 9.61.